The van der Waals surface area contributed by atoms with E-state index < -0.39 is 24.3 Å². The normalized spacial score (nSPS) is 14.3. The van der Waals surface area contributed by atoms with Crippen molar-refractivity contribution in [1.29, 1.82) is 0 Å². The fourth-order valence-electron chi connectivity index (χ4n) is 2.33. The third-order valence-electron chi connectivity index (χ3n) is 3.78. The number of aliphatic carboxylic acids is 1. The van der Waals surface area contributed by atoms with Gasteiger partial charge in [0.1, 0.15) is 0 Å². The fourth-order valence-corrected chi connectivity index (χ4v) is 2.33. The van der Waals surface area contributed by atoms with Crippen molar-refractivity contribution in [2.24, 2.45) is 0 Å². The van der Waals surface area contributed by atoms with Gasteiger partial charge in [-0.1, -0.05) is 39.0 Å². The number of hydrogen-bond donors (Lipinski definition) is 2. The molecule has 0 rings (SSSR count). The number of hydrogen-bond acceptors (Lipinski definition) is 4. The Hall–Kier alpha value is -1.14. The molecular formula is C17H34NO5+. The first-order valence-corrected chi connectivity index (χ1v) is 8.57. The summed E-state index contributed by atoms with van der Waals surface area (Å²) < 4.78 is 5.73. The van der Waals surface area contributed by atoms with Crippen LogP contribution in [0, 0.1) is 0 Å². The monoisotopic (exact) mass is 332 g/mol. The molecule has 0 aromatic carbocycles. The molecule has 6 heteroatoms. The highest BCUT2D eigenvalue weighted by Crippen LogP contribution is 2.15. The second-order valence-electron chi connectivity index (χ2n) is 7.05. The van der Waals surface area contributed by atoms with Crippen LogP contribution in [0.4, 0.5) is 0 Å². The summed E-state index contributed by atoms with van der Waals surface area (Å²) in [5.74, 6) is -1.37. The van der Waals surface area contributed by atoms with Gasteiger partial charge in [0.05, 0.1) is 40.1 Å². The van der Waals surface area contributed by atoms with Gasteiger partial charge in [-0.2, -0.15) is 0 Å². The summed E-state index contributed by atoms with van der Waals surface area (Å²) in [6.07, 6.45) is 5.10. The van der Waals surface area contributed by atoms with Crippen LogP contribution in [0.5, 0.6) is 0 Å². The SMILES string of the molecule is CCCCCCCC(O)CC(=O)OC(CCC(=O)O)[N+](C)(C)C. The number of unbranched alkanes of at least 4 members (excludes halogenated alkanes) is 4. The number of rotatable bonds is 13. The Kier molecular flexibility index (Phi) is 10.8. The van der Waals surface area contributed by atoms with Crippen molar-refractivity contribution >= 4 is 11.9 Å². The second-order valence-corrected chi connectivity index (χ2v) is 7.05. The standard InChI is InChI=1S/C17H33NO5/c1-5-6-7-8-9-10-14(19)13-17(22)23-15(18(2,3)4)11-12-16(20)21/h14-15,19H,5-13H2,1-4H3/p+1. The summed E-state index contributed by atoms with van der Waals surface area (Å²) in [5, 5.41) is 18.7. The van der Waals surface area contributed by atoms with Crippen molar-refractivity contribution in [3.63, 3.8) is 0 Å². The first kappa shape index (κ1) is 21.9. The molecule has 2 atom stereocenters. The minimum Gasteiger partial charge on any atom is -0.481 e. The zero-order chi connectivity index (χ0) is 17.9. The molecule has 0 aliphatic heterocycles. The highest BCUT2D eigenvalue weighted by atomic mass is 16.6. The molecule has 23 heavy (non-hydrogen) atoms. The molecule has 2 N–H and O–H groups in total. The lowest BCUT2D eigenvalue weighted by Crippen LogP contribution is -2.48. The van der Waals surface area contributed by atoms with Crippen LogP contribution < -0.4 is 0 Å². The van der Waals surface area contributed by atoms with Gasteiger partial charge in [-0.05, 0) is 6.42 Å². The van der Waals surface area contributed by atoms with Crippen molar-refractivity contribution in [3.8, 4) is 0 Å². The number of aliphatic hydroxyl groups excluding tert-OH is 1. The number of quaternary nitrogens is 1. The maximum absolute atomic E-state index is 12.0. The number of carbonyl (C=O) groups is 2. The Morgan fingerprint density at radius 3 is 2.17 bits per heavy atom. The maximum Gasteiger partial charge on any atom is 0.312 e. The van der Waals surface area contributed by atoms with E-state index in [1.165, 1.54) is 12.8 Å². The van der Waals surface area contributed by atoms with Gasteiger partial charge in [0, 0.05) is 6.42 Å². The zero-order valence-corrected chi connectivity index (χ0v) is 15.1. The van der Waals surface area contributed by atoms with Crippen LogP contribution in [0.1, 0.15) is 64.7 Å². The molecule has 0 amide bonds. The molecule has 0 saturated heterocycles. The van der Waals surface area contributed by atoms with Crippen LogP contribution in [0.15, 0.2) is 0 Å². The molecule has 0 bridgehead atoms. The molecule has 0 aromatic heterocycles. The van der Waals surface area contributed by atoms with Gasteiger partial charge in [-0.3, -0.25) is 14.1 Å². The third-order valence-corrected chi connectivity index (χ3v) is 3.78. The summed E-state index contributed by atoms with van der Waals surface area (Å²) in [6.45, 7) is 2.15. The summed E-state index contributed by atoms with van der Waals surface area (Å²) >= 11 is 0. The maximum atomic E-state index is 12.0. The number of carboxylic acid groups (broad SMARTS) is 1. The topological polar surface area (TPSA) is 83.8 Å². The molecule has 6 nitrogen and oxygen atoms in total. The smallest absolute Gasteiger partial charge is 0.312 e. The lowest BCUT2D eigenvalue weighted by Gasteiger charge is -2.33. The van der Waals surface area contributed by atoms with E-state index >= 15 is 0 Å². The molecule has 136 valence electrons. The molecule has 0 radical (unpaired) electrons. The van der Waals surface area contributed by atoms with Gasteiger partial charge in [0.25, 0.3) is 0 Å². The van der Waals surface area contributed by atoms with E-state index in [1.54, 1.807) is 0 Å². The summed E-state index contributed by atoms with van der Waals surface area (Å²) in [7, 11) is 5.55. The Bertz CT molecular complexity index is 351. The summed E-state index contributed by atoms with van der Waals surface area (Å²) in [6, 6.07) is 0. The van der Waals surface area contributed by atoms with Crippen LogP contribution in [0.2, 0.25) is 0 Å². The molecule has 0 saturated carbocycles. The van der Waals surface area contributed by atoms with E-state index in [-0.39, 0.29) is 19.3 Å². The lowest BCUT2D eigenvalue weighted by molar-refractivity contribution is -0.917. The van der Waals surface area contributed by atoms with Gasteiger partial charge >= 0.3 is 11.9 Å². The number of carboxylic acids is 1. The summed E-state index contributed by atoms with van der Waals surface area (Å²) in [5.41, 5.74) is 0. The molecule has 0 aromatic rings. The minimum absolute atomic E-state index is 0.0304. The van der Waals surface area contributed by atoms with Crippen LogP contribution in [0.25, 0.3) is 0 Å². The van der Waals surface area contributed by atoms with Crippen LogP contribution in [-0.4, -0.2) is 60.1 Å². The average Bonchev–Trinajstić information content (AvgIpc) is 2.41. The van der Waals surface area contributed by atoms with Gasteiger partial charge in [-0.15, -0.1) is 0 Å². The van der Waals surface area contributed by atoms with E-state index in [2.05, 4.69) is 6.92 Å². The third kappa shape index (κ3) is 12.0. The quantitative estimate of drug-likeness (QED) is 0.234. The van der Waals surface area contributed by atoms with Gasteiger partial charge in [0.15, 0.2) is 0 Å². The van der Waals surface area contributed by atoms with E-state index in [9.17, 15) is 14.7 Å². The molecule has 0 aliphatic rings. The Morgan fingerprint density at radius 1 is 1.04 bits per heavy atom. The van der Waals surface area contributed by atoms with Crippen LogP contribution in [0.3, 0.4) is 0 Å². The predicted molar refractivity (Wildman–Crippen MR) is 88.8 cm³/mol. The first-order valence-electron chi connectivity index (χ1n) is 8.57. The van der Waals surface area contributed by atoms with Crippen molar-refractivity contribution in [2.45, 2.75) is 77.0 Å². The molecule has 0 heterocycles. The van der Waals surface area contributed by atoms with Gasteiger partial charge in [0.2, 0.25) is 6.23 Å². The number of carbonyl (C=O) groups excluding carboxylic acids is 1. The highest BCUT2D eigenvalue weighted by Gasteiger charge is 2.29. The van der Waals surface area contributed by atoms with Gasteiger partial charge in [-0.25, -0.2) is 0 Å². The fraction of sp³-hybridized carbons (Fsp3) is 0.882. The lowest BCUT2D eigenvalue weighted by atomic mass is 10.1. The van der Waals surface area contributed by atoms with E-state index in [4.69, 9.17) is 9.84 Å². The van der Waals surface area contributed by atoms with Crippen LogP contribution in [-0.2, 0) is 14.3 Å². The van der Waals surface area contributed by atoms with Gasteiger partial charge < -0.3 is 14.9 Å². The Morgan fingerprint density at radius 2 is 1.65 bits per heavy atom. The van der Waals surface area contributed by atoms with Crippen molar-refractivity contribution in [2.75, 3.05) is 21.1 Å². The van der Waals surface area contributed by atoms with E-state index in [0.29, 0.717) is 10.9 Å². The summed E-state index contributed by atoms with van der Waals surface area (Å²) in [4.78, 5) is 22.7. The van der Waals surface area contributed by atoms with Crippen molar-refractivity contribution in [1.82, 2.24) is 0 Å². The molecule has 2 unspecified atom stereocenters. The number of esters is 1. The highest BCUT2D eigenvalue weighted by molar-refractivity contribution is 5.70. The molecule has 0 spiro atoms. The second kappa shape index (κ2) is 11.4. The van der Waals surface area contributed by atoms with E-state index in [0.717, 1.165) is 19.3 Å². The van der Waals surface area contributed by atoms with Crippen molar-refractivity contribution < 1.29 is 29.0 Å². The number of nitrogens with zero attached hydrogens (tertiary/aromatic N) is 1. The average molecular weight is 332 g/mol. The Balaban J connectivity index is 4.17. The first-order chi connectivity index (χ1) is 10.7. The molecular weight excluding hydrogens is 298 g/mol. The number of ether oxygens (including phenoxy) is 1. The predicted octanol–water partition coefficient (Wildman–Crippen LogP) is 2.54. The molecule has 0 aliphatic carbocycles. The van der Waals surface area contributed by atoms with Crippen molar-refractivity contribution in [3.05, 3.63) is 0 Å². The zero-order valence-electron chi connectivity index (χ0n) is 15.1. The largest absolute Gasteiger partial charge is 0.481 e. The Labute approximate surface area is 140 Å². The number of aliphatic hydroxyl groups is 1. The minimum atomic E-state index is -0.911. The van der Waals surface area contributed by atoms with E-state index in [1.807, 2.05) is 21.1 Å². The van der Waals surface area contributed by atoms with Crippen LogP contribution >= 0.6 is 0 Å². The molecule has 0 fully saturated rings.